The topological polar surface area (TPSA) is 279 Å². The molecule has 0 aliphatic rings. The van der Waals surface area contributed by atoms with Gasteiger partial charge in [-0.2, -0.15) is 13.1 Å². The number of ether oxygens (including phenoxy) is 5. The van der Waals surface area contributed by atoms with Gasteiger partial charge in [0.2, 0.25) is 11.8 Å². The average Bonchev–Trinajstić information content (AvgIpc) is 3.59. The minimum absolute atomic E-state index is 0. The predicted molar refractivity (Wildman–Crippen MR) is 342 cm³/mol. The van der Waals surface area contributed by atoms with E-state index in [0.29, 0.717) is 56.6 Å². The van der Waals surface area contributed by atoms with E-state index >= 15 is 0 Å². The van der Waals surface area contributed by atoms with Crippen molar-refractivity contribution in [3.8, 4) is 63.2 Å². The third kappa shape index (κ3) is 23.4. The van der Waals surface area contributed by atoms with Crippen molar-refractivity contribution in [1.82, 2.24) is 64.5 Å². The van der Waals surface area contributed by atoms with Crippen molar-refractivity contribution >= 4 is 146 Å². The van der Waals surface area contributed by atoms with Gasteiger partial charge in [0, 0.05) is 57.1 Å². The summed E-state index contributed by atoms with van der Waals surface area (Å²) in [5.74, 6) is 0.691. The number of nitrogens with one attached hydrogen (secondary N) is 2. The minimum Gasteiger partial charge on any atom is -0.473 e. The van der Waals surface area contributed by atoms with Crippen molar-refractivity contribution in [3.05, 3.63) is 171 Å². The summed E-state index contributed by atoms with van der Waals surface area (Å²) in [5.41, 5.74) is 4.13. The number of aliphatic hydroxyl groups is 1. The monoisotopic (exact) mass is 1610 g/mol. The fourth-order valence-corrected chi connectivity index (χ4v) is 9.28. The molecule has 0 aliphatic carbocycles. The van der Waals surface area contributed by atoms with Crippen LogP contribution in [0.25, 0.3) is 33.4 Å². The van der Waals surface area contributed by atoms with E-state index in [1.54, 1.807) is 49.3 Å². The van der Waals surface area contributed by atoms with Gasteiger partial charge in [-0.05, 0) is 107 Å². The zero-order valence-corrected chi connectivity index (χ0v) is 55.4. The lowest BCUT2D eigenvalue weighted by Crippen LogP contribution is -2.31. The molecule has 0 fully saturated rings. The van der Waals surface area contributed by atoms with Gasteiger partial charge in [-0.15, -0.1) is 0 Å². The van der Waals surface area contributed by atoms with Gasteiger partial charge in [0.15, 0.2) is 5.82 Å². The molecule has 9 aromatic rings. The van der Waals surface area contributed by atoms with Gasteiger partial charge in [0.05, 0.1) is 36.7 Å². The summed E-state index contributed by atoms with van der Waals surface area (Å²) >= 11 is 38.0. The van der Waals surface area contributed by atoms with Crippen LogP contribution < -0.4 is 33.1 Å². The van der Waals surface area contributed by atoms with Crippen molar-refractivity contribution in [3.63, 3.8) is 0 Å². The molecule has 6 aromatic heterocycles. The fraction of sp³-hybridized carbons (Fsp3) is 0.192. The molecule has 32 heteroatoms. The van der Waals surface area contributed by atoms with E-state index in [0.717, 1.165) is 38.0 Å². The Morgan fingerprint density at radius 1 is 0.440 bits per heavy atom. The highest BCUT2D eigenvalue weighted by atomic mass is 79.9. The SMILES string of the molecule is C.CCCNS(=O)(=O)Nc1ncnc(OCCOc2ncc(Br)cn2)c1-c1ccc(Br)cc1.Clc1ncnc(Cl)c1-c1ccc(Br)cc1.Clc1ncnc(OCCOc2ncc(Br)cn2)c1-c1ccc(Br)cc1.OCCOc1ncc(Br)cn1. The first kappa shape index (κ1) is 69.3. The summed E-state index contributed by atoms with van der Waals surface area (Å²) in [7, 11) is -3.82. The molecule has 0 atom stereocenters. The first-order valence-electron chi connectivity index (χ1n) is 23.8. The van der Waals surface area contributed by atoms with E-state index in [4.69, 9.17) is 63.6 Å². The maximum absolute atomic E-state index is 12.4. The van der Waals surface area contributed by atoms with Crippen LogP contribution in [0, 0.1) is 0 Å². The lowest BCUT2D eigenvalue weighted by Gasteiger charge is -2.15. The largest absolute Gasteiger partial charge is 0.473 e. The lowest BCUT2D eigenvalue weighted by atomic mass is 10.1. The van der Waals surface area contributed by atoms with Crippen molar-refractivity contribution < 1.29 is 37.2 Å². The highest BCUT2D eigenvalue weighted by Crippen LogP contribution is 2.36. The summed E-state index contributed by atoms with van der Waals surface area (Å²) in [4.78, 5) is 48.1. The third-order valence-corrected chi connectivity index (χ3v) is 14.4. The molecular weight excluding hydrogens is 1570 g/mol. The zero-order valence-electron chi connectivity index (χ0n) is 42.8. The molecule has 0 unspecified atom stereocenters. The Hall–Kier alpha value is -5.44. The van der Waals surface area contributed by atoms with E-state index < -0.39 is 10.2 Å². The number of hydrogen-bond acceptors (Lipinski definition) is 20. The molecule has 0 aliphatic heterocycles. The second-order valence-electron chi connectivity index (χ2n) is 15.6. The lowest BCUT2D eigenvalue weighted by molar-refractivity contribution is 0.191. The Morgan fingerprint density at radius 2 is 0.774 bits per heavy atom. The number of benzene rings is 3. The molecule has 0 radical (unpaired) electrons. The third-order valence-electron chi connectivity index (χ3n) is 9.72. The molecule has 9 rings (SSSR count). The molecule has 0 spiro atoms. The second-order valence-corrected chi connectivity index (χ2v) is 23.7. The molecule has 0 amide bonds. The molecule has 3 N–H and O–H groups in total. The van der Waals surface area contributed by atoms with Crippen LogP contribution in [0.15, 0.2) is 156 Å². The van der Waals surface area contributed by atoms with Crippen LogP contribution in [-0.2, 0) is 10.2 Å². The smallest absolute Gasteiger partial charge is 0.316 e. The maximum Gasteiger partial charge on any atom is 0.316 e. The van der Waals surface area contributed by atoms with Gasteiger partial charge in [-0.1, -0.05) is 133 Å². The summed E-state index contributed by atoms with van der Waals surface area (Å²) in [5, 5.41) is 9.43. The maximum atomic E-state index is 12.4. The van der Waals surface area contributed by atoms with Gasteiger partial charge in [0.25, 0.3) is 10.2 Å². The van der Waals surface area contributed by atoms with Crippen LogP contribution in [-0.4, -0.2) is 120 Å². The van der Waals surface area contributed by atoms with Crippen LogP contribution >= 0.6 is 130 Å². The Balaban J connectivity index is 0.000000219. The molecule has 442 valence electrons. The van der Waals surface area contributed by atoms with E-state index in [1.165, 1.54) is 19.0 Å². The van der Waals surface area contributed by atoms with Gasteiger partial charge in [-0.25, -0.2) is 59.8 Å². The minimum atomic E-state index is -3.82. The van der Waals surface area contributed by atoms with Gasteiger partial charge in [0.1, 0.15) is 67.5 Å². The van der Waals surface area contributed by atoms with Crippen LogP contribution in [0.2, 0.25) is 15.5 Å². The van der Waals surface area contributed by atoms with E-state index in [9.17, 15) is 8.42 Å². The fourth-order valence-electron chi connectivity index (χ4n) is 6.15. The summed E-state index contributed by atoms with van der Waals surface area (Å²) in [6, 6.07) is 23.3. The van der Waals surface area contributed by atoms with Gasteiger partial charge < -0.3 is 28.8 Å². The molecule has 3 aromatic carbocycles. The normalized spacial score (nSPS) is 10.5. The first-order valence-corrected chi connectivity index (χ1v) is 31.1. The average molecular weight is 1610 g/mol. The molecule has 84 heavy (non-hydrogen) atoms. The van der Waals surface area contributed by atoms with Gasteiger partial charge in [-0.3, -0.25) is 4.72 Å². The highest BCUT2D eigenvalue weighted by molar-refractivity contribution is 9.11. The molecule has 6 heterocycles. The Bertz CT molecular complexity index is 3540. The van der Waals surface area contributed by atoms with Crippen LogP contribution in [0.3, 0.4) is 0 Å². The zero-order chi connectivity index (χ0) is 59.6. The molecule has 22 nitrogen and oxygen atoms in total. The number of aliphatic hydroxyl groups excluding tert-OH is 1. The number of anilines is 1. The summed E-state index contributed by atoms with van der Waals surface area (Å²) < 4.78 is 62.1. The van der Waals surface area contributed by atoms with Crippen molar-refractivity contribution in [2.75, 3.05) is 50.9 Å². The van der Waals surface area contributed by atoms with Crippen molar-refractivity contribution in [2.45, 2.75) is 20.8 Å². The summed E-state index contributed by atoms with van der Waals surface area (Å²) in [6.45, 7) is 3.17. The molecule has 0 saturated heterocycles. The Kier molecular flexibility index (Phi) is 30.1. The van der Waals surface area contributed by atoms with Crippen LogP contribution in [0.4, 0.5) is 5.82 Å². The first-order chi connectivity index (χ1) is 40.0. The molecule has 0 saturated carbocycles. The molecular formula is C52H47Br6Cl3N14O8S. The number of rotatable bonds is 21. The number of nitrogens with zero attached hydrogens (tertiary/aromatic N) is 12. The van der Waals surface area contributed by atoms with E-state index in [1.807, 2.05) is 67.6 Å². The van der Waals surface area contributed by atoms with Gasteiger partial charge >= 0.3 is 18.0 Å². The van der Waals surface area contributed by atoms with Crippen molar-refractivity contribution in [1.29, 1.82) is 0 Å². The number of halogens is 9. The second kappa shape index (κ2) is 36.5. The highest BCUT2D eigenvalue weighted by Gasteiger charge is 2.20. The molecule has 0 bridgehead atoms. The predicted octanol–water partition coefficient (Wildman–Crippen LogP) is 13.6. The number of hydrogen-bond donors (Lipinski definition) is 3. The summed E-state index contributed by atoms with van der Waals surface area (Å²) in [6.07, 6.45) is 14.1. The van der Waals surface area contributed by atoms with Crippen LogP contribution in [0.1, 0.15) is 20.8 Å². The quantitative estimate of drug-likeness (QED) is 0.0445. The Labute approximate surface area is 549 Å². The standard InChI is InChI=1S/C19H20Br2N6O4S.C16H11Br2ClN4O2.C10H5BrCl2N2.C6H7BrN2O2.CH4/c1-2-7-26-32(28,29)27-17-16(13-3-5-14(20)6-4-13)18(25-12-24-17)30-8-9-31-19-22-10-15(21)11-23-19;17-11-3-1-10(2-4-11)13-14(19)22-9-23-15(13)24-5-6-25-16-20-7-12(18)8-21-16;11-7-3-1-6(2-4-7)8-9(12)14-5-15-10(8)13;7-5-3-8-6(9-4-5)11-2-1-10;/h3-6,10-12,26H,2,7-9H2,1H3,(H,24,25,27);1-4,7-9H,5-6H2;1-5H;3-4,10H,1-2H2;1H4. The number of aromatic nitrogens is 12. The van der Waals surface area contributed by atoms with E-state index in [-0.39, 0.29) is 76.8 Å². The van der Waals surface area contributed by atoms with Crippen LogP contribution in [0.5, 0.6) is 29.8 Å². The Morgan fingerprint density at radius 3 is 1.18 bits per heavy atom. The van der Waals surface area contributed by atoms with Crippen molar-refractivity contribution in [2.24, 2.45) is 0 Å². The van der Waals surface area contributed by atoms with E-state index in [2.05, 4.69) is 165 Å².